The third-order valence-corrected chi connectivity index (χ3v) is 4.77. The molecule has 0 spiro atoms. The molecule has 0 unspecified atom stereocenters. The van der Waals surface area contributed by atoms with Crippen LogP contribution in [0.2, 0.25) is 0 Å². The van der Waals surface area contributed by atoms with E-state index in [1.807, 2.05) is 36.9 Å². The van der Waals surface area contributed by atoms with Crippen LogP contribution in [0.5, 0.6) is 11.5 Å². The first-order chi connectivity index (χ1) is 14.5. The number of anilines is 1. The number of rotatable bonds is 7. The molecule has 2 aromatic carbocycles. The lowest BCUT2D eigenvalue weighted by Gasteiger charge is -2.15. The van der Waals surface area contributed by atoms with Crippen molar-refractivity contribution in [3.63, 3.8) is 0 Å². The van der Waals surface area contributed by atoms with Crippen molar-refractivity contribution in [2.75, 3.05) is 25.5 Å². The average Bonchev–Trinajstić information content (AvgIpc) is 3.27. The van der Waals surface area contributed by atoms with E-state index < -0.39 is 0 Å². The van der Waals surface area contributed by atoms with E-state index in [1.54, 1.807) is 37.5 Å². The number of carbonyl (C=O) groups excluding carboxylic acids is 2. The number of amides is 2. The van der Waals surface area contributed by atoms with Gasteiger partial charge < -0.3 is 19.7 Å². The zero-order valence-corrected chi connectivity index (χ0v) is 17.7. The van der Waals surface area contributed by atoms with Crippen LogP contribution in [0.4, 0.5) is 5.69 Å². The van der Waals surface area contributed by atoms with Gasteiger partial charge in [0.05, 0.1) is 13.2 Å². The van der Waals surface area contributed by atoms with Crippen molar-refractivity contribution >= 4 is 23.6 Å². The third-order valence-electron chi connectivity index (χ3n) is 4.77. The van der Waals surface area contributed by atoms with E-state index in [0.717, 1.165) is 31.5 Å². The molecule has 2 aromatic rings. The largest absolute Gasteiger partial charge is 0.493 e. The van der Waals surface area contributed by atoms with Crippen LogP contribution in [0.15, 0.2) is 48.5 Å². The number of methoxy groups -OCH3 is 1. The maximum Gasteiger partial charge on any atom is 0.253 e. The highest BCUT2D eigenvalue weighted by Crippen LogP contribution is 2.29. The molecule has 30 heavy (non-hydrogen) atoms. The lowest BCUT2D eigenvalue weighted by Crippen LogP contribution is -2.27. The number of ether oxygens (including phenoxy) is 2. The van der Waals surface area contributed by atoms with Crippen LogP contribution in [0.25, 0.3) is 6.08 Å². The quantitative estimate of drug-likeness (QED) is 0.691. The van der Waals surface area contributed by atoms with Gasteiger partial charge in [-0.1, -0.05) is 6.07 Å². The Bertz CT molecular complexity index is 913. The first-order valence-electron chi connectivity index (χ1n) is 10.2. The molecule has 0 saturated carbocycles. The van der Waals surface area contributed by atoms with Gasteiger partial charge in [-0.15, -0.1) is 0 Å². The monoisotopic (exact) mass is 408 g/mol. The number of likely N-dealkylation sites (tertiary alicyclic amines) is 1. The van der Waals surface area contributed by atoms with Gasteiger partial charge in [0.15, 0.2) is 11.5 Å². The molecule has 0 radical (unpaired) electrons. The summed E-state index contributed by atoms with van der Waals surface area (Å²) in [5.74, 6) is 1.07. The summed E-state index contributed by atoms with van der Waals surface area (Å²) < 4.78 is 11.1. The Labute approximate surface area is 177 Å². The Morgan fingerprint density at radius 3 is 2.37 bits per heavy atom. The SMILES string of the molecule is COc1cc(/C=C/C(=O)Nc2ccc(C(=O)N3CCCC3)cc2)ccc1OC(C)C. The molecule has 1 heterocycles. The van der Waals surface area contributed by atoms with Crippen molar-refractivity contribution in [1.82, 2.24) is 4.90 Å². The number of hydrogen-bond acceptors (Lipinski definition) is 4. The Morgan fingerprint density at radius 2 is 1.73 bits per heavy atom. The Kier molecular flexibility index (Phi) is 7.12. The van der Waals surface area contributed by atoms with E-state index in [0.29, 0.717) is 22.7 Å². The first kappa shape index (κ1) is 21.4. The summed E-state index contributed by atoms with van der Waals surface area (Å²) in [5, 5.41) is 2.81. The number of hydrogen-bond donors (Lipinski definition) is 1. The molecule has 6 nitrogen and oxygen atoms in total. The molecule has 1 aliphatic heterocycles. The molecule has 1 aliphatic rings. The van der Waals surface area contributed by atoms with Crippen molar-refractivity contribution < 1.29 is 19.1 Å². The van der Waals surface area contributed by atoms with Crippen LogP contribution in [0.1, 0.15) is 42.6 Å². The molecule has 0 aromatic heterocycles. The summed E-state index contributed by atoms with van der Waals surface area (Å²) >= 11 is 0. The second-order valence-corrected chi connectivity index (χ2v) is 7.48. The molecule has 1 N–H and O–H groups in total. The van der Waals surface area contributed by atoms with E-state index in [1.165, 1.54) is 6.08 Å². The van der Waals surface area contributed by atoms with Crippen molar-refractivity contribution in [3.05, 3.63) is 59.7 Å². The minimum absolute atomic E-state index is 0.0445. The van der Waals surface area contributed by atoms with E-state index in [4.69, 9.17) is 9.47 Å². The number of benzene rings is 2. The van der Waals surface area contributed by atoms with Crippen LogP contribution < -0.4 is 14.8 Å². The molecule has 0 atom stereocenters. The number of nitrogens with zero attached hydrogens (tertiary/aromatic N) is 1. The van der Waals surface area contributed by atoms with Crippen molar-refractivity contribution in [1.29, 1.82) is 0 Å². The van der Waals surface area contributed by atoms with Gasteiger partial charge in [-0.3, -0.25) is 9.59 Å². The van der Waals surface area contributed by atoms with E-state index >= 15 is 0 Å². The van der Waals surface area contributed by atoms with E-state index in [-0.39, 0.29) is 17.9 Å². The van der Waals surface area contributed by atoms with Gasteiger partial charge in [0.25, 0.3) is 5.91 Å². The Hall–Kier alpha value is -3.28. The summed E-state index contributed by atoms with van der Waals surface area (Å²) in [5.41, 5.74) is 2.10. The molecule has 0 aliphatic carbocycles. The fourth-order valence-electron chi connectivity index (χ4n) is 3.29. The van der Waals surface area contributed by atoms with Crippen LogP contribution in [-0.4, -0.2) is 43.0 Å². The van der Waals surface area contributed by atoms with Gasteiger partial charge in [0, 0.05) is 30.4 Å². The van der Waals surface area contributed by atoms with Crippen LogP contribution in [0.3, 0.4) is 0 Å². The van der Waals surface area contributed by atoms with Gasteiger partial charge in [-0.25, -0.2) is 0 Å². The first-order valence-corrected chi connectivity index (χ1v) is 10.2. The van der Waals surface area contributed by atoms with Gasteiger partial charge in [0.2, 0.25) is 5.91 Å². The average molecular weight is 408 g/mol. The number of nitrogens with one attached hydrogen (secondary N) is 1. The van der Waals surface area contributed by atoms with Crippen molar-refractivity contribution in [2.45, 2.75) is 32.8 Å². The number of carbonyl (C=O) groups is 2. The summed E-state index contributed by atoms with van der Waals surface area (Å²) in [6.07, 6.45) is 5.34. The highest BCUT2D eigenvalue weighted by atomic mass is 16.5. The third kappa shape index (κ3) is 5.63. The van der Waals surface area contributed by atoms with E-state index in [2.05, 4.69) is 5.32 Å². The second kappa shape index (κ2) is 9.96. The predicted octanol–water partition coefficient (Wildman–Crippen LogP) is 4.37. The topological polar surface area (TPSA) is 67.9 Å². The highest BCUT2D eigenvalue weighted by molar-refractivity contribution is 6.02. The second-order valence-electron chi connectivity index (χ2n) is 7.48. The summed E-state index contributed by atoms with van der Waals surface area (Å²) in [6.45, 7) is 5.54. The zero-order chi connectivity index (χ0) is 21.5. The van der Waals surface area contributed by atoms with Gasteiger partial charge in [0.1, 0.15) is 0 Å². The maximum absolute atomic E-state index is 12.4. The molecule has 2 amide bonds. The molecule has 1 fully saturated rings. The van der Waals surface area contributed by atoms with Crippen molar-refractivity contribution in [3.8, 4) is 11.5 Å². The van der Waals surface area contributed by atoms with Crippen LogP contribution in [-0.2, 0) is 4.79 Å². The summed E-state index contributed by atoms with van der Waals surface area (Å²) in [6, 6.07) is 12.5. The zero-order valence-electron chi connectivity index (χ0n) is 17.7. The molecule has 6 heteroatoms. The van der Waals surface area contributed by atoms with Gasteiger partial charge >= 0.3 is 0 Å². The lowest BCUT2D eigenvalue weighted by atomic mass is 10.1. The normalized spacial score (nSPS) is 13.7. The molecule has 1 saturated heterocycles. The minimum atomic E-state index is -0.255. The Morgan fingerprint density at radius 1 is 1.03 bits per heavy atom. The molecule has 3 rings (SSSR count). The molecule has 0 bridgehead atoms. The molecular formula is C24H28N2O4. The summed E-state index contributed by atoms with van der Waals surface area (Å²) in [4.78, 5) is 26.5. The summed E-state index contributed by atoms with van der Waals surface area (Å²) in [7, 11) is 1.58. The predicted molar refractivity (Wildman–Crippen MR) is 118 cm³/mol. The Balaban J connectivity index is 1.59. The highest BCUT2D eigenvalue weighted by Gasteiger charge is 2.19. The lowest BCUT2D eigenvalue weighted by molar-refractivity contribution is -0.111. The maximum atomic E-state index is 12.4. The fourth-order valence-corrected chi connectivity index (χ4v) is 3.29. The van der Waals surface area contributed by atoms with Crippen LogP contribution in [0, 0.1) is 0 Å². The standard InChI is InChI=1S/C24H28N2O4/c1-17(2)30-21-12-6-18(16-22(21)29-3)7-13-23(27)25-20-10-8-19(9-11-20)24(28)26-14-4-5-15-26/h6-13,16-17H,4-5,14-15H2,1-3H3,(H,25,27)/b13-7+. The van der Waals surface area contributed by atoms with Gasteiger partial charge in [-0.2, -0.15) is 0 Å². The smallest absolute Gasteiger partial charge is 0.253 e. The van der Waals surface area contributed by atoms with Crippen LogP contribution >= 0.6 is 0 Å². The van der Waals surface area contributed by atoms with Crippen molar-refractivity contribution in [2.24, 2.45) is 0 Å². The van der Waals surface area contributed by atoms with E-state index in [9.17, 15) is 9.59 Å². The molecular weight excluding hydrogens is 380 g/mol. The molecule has 158 valence electrons. The fraction of sp³-hybridized carbons (Fsp3) is 0.333. The van der Waals surface area contributed by atoms with Gasteiger partial charge in [-0.05, 0) is 74.7 Å². The minimum Gasteiger partial charge on any atom is -0.493 e.